The molecule has 0 aliphatic carbocycles. The second-order valence-corrected chi connectivity index (χ2v) is 5.03. The first kappa shape index (κ1) is 18.6. The standard InChI is InChI=1S/C16H25NO5/c1-4-7-13(22-11-21-3)10-14(18)15(19)16(20)17-9-6-8-12(17)5-2/h4,6,8-9,13-15,18-19H,1,5,7,10-11H2,2-3H3/t13-,14-,15+/m0/s1. The Balaban J connectivity index is 2.67. The Hall–Kier alpha value is -1.47. The lowest BCUT2D eigenvalue weighted by Gasteiger charge is -2.23. The fraction of sp³-hybridized carbons (Fsp3) is 0.562. The summed E-state index contributed by atoms with van der Waals surface area (Å²) in [6.45, 7) is 5.62. The van der Waals surface area contributed by atoms with Gasteiger partial charge in [-0.05, 0) is 25.0 Å². The number of aliphatic hydroxyl groups excluding tert-OH is 2. The first-order valence-corrected chi connectivity index (χ1v) is 7.33. The quantitative estimate of drug-likeness (QED) is 0.504. The number of carbonyl (C=O) groups excluding carboxylic acids is 1. The average Bonchev–Trinajstić information content (AvgIpc) is 2.99. The number of nitrogens with zero attached hydrogens (tertiary/aromatic N) is 1. The monoisotopic (exact) mass is 311 g/mol. The second kappa shape index (κ2) is 9.53. The molecule has 1 rings (SSSR count). The van der Waals surface area contributed by atoms with Crippen LogP contribution in [0.15, 0.2) is 31.0 Å². The van der Waals surface area contributed by atoms with Crippen molar-refractivity contribution in [3.63, 3.8) is 0 Å². The Bertz CT molecular complexity index is 471. The van der Waals surface area contributed by atoms with Crippen LogP contribution in [0.1, 0.15) is 30.3 Å². The van der Waals surface area contributed by atoms with Crippen molar-refractivity contribution < 1.29 is 24.5 Å². The van der Waals surface area contributed by atoms with Crippen molar-refractivity contribution in [2.75, 3.05) is 13.9 Å². The van der Waals surface area contributed by atoms with Crippen LogP contribution < -0.4 is 0 Å². The Morgan fingerprint density at radius 2 is 2.23 bits per heavy atom. The molecule has 1 aromatic rings. The van der Waals surface area contributed by atoms with E-state index in [4.69, 9.17) is 9.47 Å². The van der Waals surface area contributed by atoms with E-state index in [1.165, 1.54) is 11.7 Å². The highest BCUT2D eigenvalue weighted by atomic mass is 16.7. The van der Waals surface area contributed by atoms with E-state index < -0.39 is 18.1 Å². The molecule has 2 N–H and O–H groups in total. The fourth-order valence-electron chi connectivity index (χ4n) is 2.21. The highest BCUT2D eigenvalue weighted by molar-refractivity contribution is 5.84. The van der Waals surface area contributed by atoms with Crippen LogP contribution in [-0.2, 0) is 15.9 Å². The molecule has 1 heterocycles. The fourth-order valence-corrected chi connectivity index (χ4v) is 2.21. The summed E-state index contributed by atoms with van der Waals surface area (Å²) in [5.74, 6) is -0.543. The van der Waals surface area contributed by atoms with E-state index in [0.717, 1.165) is 5.69 Å². The number of hydrogen-bond acceptors (Lipinski definition) is 5. The van der Waals surface area contributed by atoms with Crippen LogP contribution in [0.3, 0.4) is 0 Å². The second-order valence-electron chi connectivity index (χ2n) is 5.03. The number of methoxy groups -OCH3 is 1. The highest BCUT2D eigenvalue weighted by Gasteiger charge is 2.28. The molecular weight excluding hydrogens is 286 g/mol. The van der Waals surface area contributed by atoms with Gasteiger partial charge in [0.25, 0.3) is 5.91 Å². The van der Waals surface area contributed by atoms with Crippen molar-refractivity contribution >= 4 is 5.91 Å². The van der Waals surface area contributed by atoms with E-state index in [1.54, 1.807) is 24.4 Å². The van der Waals surface area contributed by atoms with Crippen molar-refractivity contribution in [2.45, 2.75) is 44.5 Å². The van der Waals surface area contributed by atoms with Gasteiger partial charge in [-0.15, -0.1) is 6.58 Å². The van der Waals surface area contributed by atoms with Crippen LogP contribution in [0, 0.1) is 0 Å². The van der Waals surface area contributed by atoms with Gasteiger partial charge >= 0.3 is 0 Å². The normalized spacial score (nSPS) is 15.3. The topological polar surface area (TPSA) is 80.9 Å². The van der Waals surface area contributed by atoms with Gasteiger partial charge < -0.3 is 19.7 Å². The smallest absolute Gasteiger partial charge is 0.262 e. The zero-order valence-corrected chi connectivity index (χ0v) is 13.1. The van der Waals surface area contributed by atoms with E-state index in [-0.39, 0.29) is 19.3 Å². The summed E-state index contributed by atoms with van der Waals surface area (Å²) in [7, 11) is 1.50. The molecule has 0 bridgehead atoms. The van der Waals surface area contributed by atoms with Gasteiger partial charge in [-0.3, -0.25) is 9.36 Å². The minimum Gasteiger partial charge on any atom is -0.390 e. The Morgan fingerprint density at radius 3 is 2.82 bits per heavy atom. The molecule has 0 radical (unpaired) electrons. The van der Waals surface area contributed by atoms with E-state index in [2.05, 4.69) is 6.58 Å². The van der Waals surface area contributed by atoms with Gasteiger partial charge in [-0.25, -0.2) is 0 Å². The van der Waals surface area contributed by atoms with Crippen LogP contribution in [0.5, 0.6) is 0 Å². The predicted molar refractivity (Wildman–Crippen MR) is 82.6 cm³/mol. The SMILES string of the molecule is C=CC[C@@H](C[C@H](O)[C@@H](O)C(=O)n1cccc1CC)OCOC. The van der Waals surface area contributed by atoms with Gasteiger partial charge in [0.05, 0.1) is 12.2 Å². The molecule has 6 nitrogen and oxygen atoms in total. The number of aryl methyl sites for hydroxylation is 1. The van der Waals surface area contributed by atoms with Gasteiger partial charge in [0, 0.05) is 25.4 Å². The third kappa shape index (κ3) is 5.06. The first-order chi connectivity index (χ1) is 10.5. The molecule has 0 aliphatic rings. The number of hydrogen-bond donors (Lipinski definition) is 2. The molecule has 0 aliphatic heterocycles. The molecule has 0 aromatic carbocycles. The maximum absolute atomic E-state index is 12.2. The maximum Gasteiger partial charge on any atom is 0.262 e. The third-order valence-electron chi connectivity index (χ3n) is 3.41. The minimum absolute atomic E-state index is 0.0762. The van der Waals surface area contributed by atoms with Gasteiger partial charge in [0.2, 0.25) is 0 Å². The minimum atomic E-state index is -1.50. The lowest BCUT2D eigenvalue weighted by Crippen LogP contribution is -2.40. The maximum atomic E-state index is 12.2. The summed E-state index contributed by atoms with van der Waals surface area (Å²) in [4.78, 5) is 12.2. The summed E-state index contributed by atoms with van der Waals surface area (Å²) in [5.41, 5.74) is 0.787. The van der Waals surface area contributed by atoms with Gasteiger partial charge in [-0.1, -0.05) is 13.0 Å². The summed E-state index contributed by atoms with van der Waals surface area (Å²) in [6.07, 6.45) is 1.42. The molecular formula is C16H25NO5. The van der Waals surface area contributed by atoms with Crippen molar-refractivity contribution in [3.05, 3.63) is 36.7 Å². The summed E-state index contributed by atoms with van der Waals surface area (Å²) in [6, 6.07) is 3.54. The lowest BCUT2D eigenvalue weighted by molar-refractivity contribution is -0.0912. The van der Waals surface area contributed by atoms with Crippen molar-refractivity contribution in [1.29, 1.82) is 0 Å². The summed E-state index contributed by atoms with van der Waals surface area (Å²) >= 11 is 0. The molecule has 0 unspecified atom stereocenters. The first-order valence-electron chi connectivity index (χ1n) is 7.33. The number of carbonyl (C=O) groups is 1. The molecule has 6 heteroatoms. The molecule has 3 atom stereocenters. The van der Waals surface area contributed by atoms with E-state index >= 15 is 0 Å². The number of ether oxygens (including phenoxy) is 2. The van der Waals surface area contributed by atoms with Crippen LogP contribution in [0.4, 0.5) is 0 Å². The Kier molecular flexibility index (Phi) is 8.05. The van der Waals surface area contributed by atoms with E-state index in [0.29, 0.717) is 12.8 Å². The number of aromatic nitrogens is 1. The van der Waals surface area contributed by atoms with E-state index in [1.807, 2.05) is 6.92 Å². The van der Waals surface area contributed by atoms with Crippen molar-refractivity contribution in [1.82, 2.24) is 4.57 Å². The largest absolute Gasteiger partial charge is 0.390 e. The van der Waals surface area contributed by atoms with Crippen LogP contribution >= 0.6 is 0 Å². The average molecular weight is 311 g/mol. The van der Waals surface area contributed by atoms with Crippen LogP contribution in [0.2, 0.25) is 0 Å². The van der Waals surface area contributed by atoms with Gasteiger partial charge in [-0.2, -0.15) is 0 Å². The third-order valence-corrected chi connectivity index (χ3v) is 3.41. The molecule has 0 saturated carbocycles. The zero-order chi connectivity index (χ0) is 16.5. The number of rotatable bonds is 10. The van der Waals surface area contributed by atoms with Crippen molar-refractivity contribution in [2.24, 2.45) is 0 Å². The van der Waals surface area contributed by atoms with Crippen molar-refractivity contribution in [3.8, 4) is 0 Å². The molecule has 1 aromatic heterocycles. The Labute approximate surface area is 131 Å². The van der Waals surface area contributed by atoms with Gasteiger partial charge in [0.15, 0.2) is 6.10 Å². The molecule has 0 amide bonds. The highest BCUT2D eigenvalue weighted by Crippen LogP contribution is 2.14. The molecule has 0 spiro atoms. The van der Waals surface area contributed by atoms with Crippen LogP contribution in [0.25, 0.3) is 0 Å². The molecule has 0 fully saturated rings. The molecule has 0 saturated heterocycles. The Morgan fingerprint density at radius 1 is 1.50 bits per heavy atom. The number of aliphatic hydroxyl groups is 2. The molecule has 22 heavy (non-hydrogen) atoms. The lowest BCUT2D eigenvalue weighted by atomic mass is 10.0. The summed E-state index contributed by atoms with van der Waals surface area (Å²) in [5, 5.41) is 20.2. The summed E-state index contributed by atoms with van der Waals surface area (Å²) < 4.78 is 11.6. The molecule has 124 valence electrons. The van der Waals surface area contributed by atoms with E-state index in [9.17, 15) is 15.0 Å². The van der Waals surface area contributed by atoms with Crippen LogP contribution in [-0.4, -0.2) is 52.9 Å². The predicted octanol–water partition coefficient (Wildman–Crippen LogP) is 1.37. The zero-order valence-electron chi connectivity index (χ0n) is 13.1. The van der Waals surface area contributed by atoms with Gasteiger partial charge in [0.1, 0.15) is 6.79 Å².